The van der Waals surface area contributed by atoms with Crippen molar-refractivity contribution in [3.8, 4) is 11.1 Å². The van der Waals surface area contributed by atoms with Crippen LogP contribution in [0.3, 0.4) is 0 Å². The second kappa shape index (κ2) is 12.6. The van der Waals surface area contributed by atoms with Crippen LogP contribution in [0.2, 0.25) is 0 Å². The largest absolute Gasteiger partial charge is 0.372 e. The van der Waals surface area contributed by atoms with Crippen LogP contribution in [0.5, 0.6) is 0 Å². The van der Waals surface area contributed by atoms with Crippen molar-refractivity contribution in [1.29, 1.82) is 0 Å². The molecule has 3 aromatic rings. The number of nitrogens with one attached hydrogen (secondary N) is 2. The number of hydrogen-bond acceptors (Lipinski definition) is 4. The summed E-state index contributed by atoms with van der Waals surface area (Å²) in [6.07, 6.45) is 7.35. The van der Waals surface area contributed by atoms with Gasteiger partial charge in [-0.1, -0.05) is 36.8 Å². The van der Waals surface area contributed by atoms with E-state index in [2.05, 4.69) is 66.5 Å². The molecule has 0 bridgehead atoms. The van der Waals surface area contributed by atoms with Gasteiger partial charge in [0.1, 0.15) is 5.56 Å². The first-order valence-electron chi connectivity index (χ1n) is 12.2. The number of hydrogen-bond donors (Lipinski definition) is 3. The second-order valence-electron chi connectivity index (χ2n) is 9.12. The summed E-state index contributed by atoms with van der Waals surface area (Å²) >= 11 is 1.89. The normalized spacial score (nSPS) is 14.2. The number of amides is 2. The summed E-state index contributed by atoms with van der Waals surface area (Å²) in [6.45, 7) is 6.40. The minimum atomic E-state index is -0.366. The van der Waals surface area contributed by atoms with Gasteiger partial charge in [-0.3, -0.25) is 14.4 Å². The molecular weight excluding hydrogens is 470 g/mol. The molecule has 5 rings (SSSR count). The van der Waals surface area contributed by atoms with E-state index in [0.717, 1.165) is 22.0 Å². The molecule has 0 radical (unpaired) electrons. The maximum absolute atomic E-state index is 12.7. The van der Waals surface area contributed by atoms with Gasteiger partial charge < -0.3 is 16.0 Å². The van der Waals surface area contributed by atoms with Gasteiger partial charge >= 0.3 is 0 Å². The minimum Gasteiger partial charge on any atom is -0.372 e. The highest BCUT2D eigenvalue weighted by atomic mass is 32.2. The van der Waals surface area contributed by atoms with E-state index in [4.69, 9.17) is 4.79 Å². The van der Waals surface area contributed by atoms with Crippen molar-refractivity contribution in [2.75, 3.05) is 12.8 Å². The molecule has 0 unspecified atom stereocenters. The third-order valence-corrected chi connectivity index (χ3v) is 7.74. The van der Waals surface area contributed by atoms with Gasteiger partial charge in [-0.05, 0) is 90.6 Å². The molecule has 0 saturated heterocycles. The number of fused-ring (bicyclic) bond motifs is 1. The van der Waals surface area contributed by atoms with E-state index in [9.17, 15) is 9.59 Å². The van der Waals surface area contributed by atoms with E-state index >= 15 is 0 Å². The van der Waals surface area contributed by atoms with E-state index in [0.29, 0.717) is 5.92 Å². The van der Waals surface area contributed by atoms with Crippen molar-refractivity contribution in [3.05, 3.63) is 80.0 Å². The summed E-state index contributed by atoms with van der Waals surface area (Å²) in [5, 5.41) is 5.58. The zero-order valence-electron chi connectivity index (χ0n) is 21.4. The van der Waals surface area contributed by atoms with E-state index in [1.165, 1.54) is 60.7 Å². The van der Waals surface area contributed by atoms with Gasteiger partial charge in [0.2, 0.25) is 6.41 Å². The molecule has 0 atom stereocenters. The Morgan fingerprint density at radius 2 is 1.81 bits per heavy atom. The molecule has 1 saturated carbocycles. The molecule has 1 fully saturated rings. The summed E-state index contributed by atoms with van der Waals surface area (Å²) in [6, 6.07) is 10.3. The van der Waals surface area contributed by atoms with Crippen molar-refractivity contribution in [1.82, 2.24) is 10.3 Å². The van der Waals surface area contributed by atoms with E-state index in [1.807, 2.05) is 17.8 Å². The van der Waals surface area contributed by atoms with Crippen molar-refractivity contribution in [2.24, 2.45) is 5.73 Å². The van der Waals surface area contributed by atoms with Crippen LogP contribution in [0, 0.1) is 20.8 Å². The van der Waals surface area contributed by atoms with Crippen LogP contribution in [0.25, 0.3) is 22.0 Å². The molecular formula is C29H35N3O3S. The SMILES string of the molecule is C1=CSCC1.CNC(=O)c1cc2ccc(C3CCC3)c(-c3cc(C)c(C)c(C)c3)c2[nH]c1=O.NC=O. The summed E-state index contributed by atoms with van der Waals surface area (Å²) in [7, 11) is 1.54. The zero-order valence-corrected chi connectivity index (χ0v) is 22.3. The Morgan fingerprint density at radius 3 is 2.28 bits per heavy atom. The fourth-order valence-electron chi connectivity index (χ4n) is 4.49. The molecule has 190 valence electrons. The number of aryl methyl sites for hydroxylation is 2. The van der Waals surface area contributed by atoms with E-state index in [1.54, 1.807) is 6.07 Å². The lowest BCUT2D eigenvalue weighted by Gasteiger charge is -2.29. The Labute approximate surface area is 216 Å². The lowest BCUT2D eigenvalue weighted by atomic mass is 9.76. The van der Waals surface area contributed by atoms with Gasteiger partial charge in [-0.15, -0.1) is 11.8 Å². The number of benzene rings is 2. The Balaban J connectivity index is 0.000000389. The molecule has 1 aliphatic heterocycles. The number of allylic oxidation sites excluding steroid dienone is 1. The predicted molar refractivity (Wildman–Crippen MR) is 151 cm³/mol. The molecule has 1 aliphatic carbocycles. The highest BCUT2D eigenvalue weighted by Gasteiger charge is 2.25. The standard InChI is InChI=1S/C24H26N2O2.C4H6S.CH3NO/c1-13-10-18(11-14(2)15(13)3)21-19(16-6-5-7-16)9-8-17-12-20(23(27)25-4)24(28)26-22(17)21;1-2-4-5-3-1;2-1-3/h8-12,16H,5-7H2,1-4H3,(H,25,27)(H,26,28);1,3H,2,4H2;1H,(H2,2,3). The summed E-state index contributed by atoms with van der Waals surface area (Å²) < 4.78 is 0. The third-order valence-electron chi connectivity index (χ3n) is 6.88. The molecule has 6 nitrogen and oxygen atoms in total. The van der Waals surface area contributed by atoms with Crippen molar-refractivity contribution in [3.63, 3.8) is 0 Å². The maximum atomic E-state index is 12.7. The van der Waals surface area contributed by atoms with Gasteiger partial charge in [-0.25, -0.2) is 0 Å². The van der Waals surface area contributed by atoms with E-state index < -0.39 is 0 Å². The Hall–Kier alpha value is -3.32. The number of nitrogens with two attached hydrogens (primary N) is 1. The molecule has 7 heteroatoms. The maximum Gasteiger partial charge on any atom is 0.261 e. The highest BCUT2D eigenvalue weighted by Crippen LogP contribution is 2.44. The molecule has 4 N–H and O–H groups in total. The average Bonchev–Trinajstić information content (AvgIpc) is 3.41. The molecule has 36 heavy (non-hydrogen) atoms. The number of thioether (sulfide) groups is 1. The lowest BCUT2D eigenvalue weighted by molar-refractivity contribution is -0.106. The molecule has 0 spiro atoms. The van der Waals surface area contributed by atoms with Crippen molar-refractivity contribution >= 4 is 35.0 Å². The molecule has 1 aromatic heterocycles. The van der Waals surface area contributed by atoms with Gasteiger partial charge in [0, 0.05) is 18.4 Å². The smallest absolute Gasteiger partial charge is 0.261 e. The number of pyridine rings is 1. The summed E-state index contributed by atoms with van der Waals surface area (Å²) in [5.41, 5.74) is 12.1. The second-order valence-corrected chi connectivity index (χ2v) is 10.1. The topological polar surface area (TPSA) is 105 Å². The number of carbonyl (C=O) groups is 2. The first-order valence-corrected chi connectivity index (χ1v) is 13.3. The first kappa shape index (κ1) is 27.3. The van der Waals surface area contributed by atoms with Crippen LogP contribution in [0.15, 0.2) is 46.6 Å². The number of primary amides is 1. The Kier molecular flexibility index (Phi) is 9.53. The summed E-state index contributed by atoms with van der Waals surface area (Å²) in [5.74, 6) is 1.47. The zero-order chi connectivity index (χ0) is 26.2. The molecule has 2 amide bonds. The minimum absolute atomic E-state index is 0.147. The average molecular weight is 506 g/mol. The fourth-order valence-corrected chi connectivity index (χ4v) is 5.17. The van der Waals surface area contributed by atoms with Crippen LogP contribution < -0.4 is 16.6 Å². The number of aromatic amines is 1. The number of H-pyrrole nitrogens is 1. The van der Waals surface area contributed by atoms with Gasteiger partial charge in [0.15, 0.2) is 0 Å². The number of rotatable bonds is 3. The van der Waals surface area contributed by atoms with Crippen molar-refractivity contribution < 1.29 is 9.59 Å². The van der Waals surface area contributed by atoms with Crippen LogP contribution in [-0.4, -0.2) is 30.1 Å². The molecule has 2 aromatic carbocycles. The van der Waals surface area contributed by atoms with Crippen LogP contribution in [-0.2, 0) is 4.79 Å². The third kappa shape index (κ3) is 6.08. The lowest BCUT2D eigenvalue weighted by Crippen LogP contribution is -2.26. The molecule has 2 aliphatic rings. The van der Waals surface area contributed by atoms with Crippen LogP contribution in [0.4, 0.5) is 0 Å². The first-order chi connectivity index (χ1) is 17.3. The summed E-state index contributed by atoms with van der Waals surface area (Å²) in [4.78, 5) is 36.3. The predicted octanol–water partition coefficient (Wildman–Crippen LogP) is 5.49. The fraction of sp³-hybridized carbons (Fsp3) is 0.345. The van der Waals surface area contributed by atoms with Crippen LogP contribution >= 0.6 is 11.8 Å². The van der Waals surface area contributed by atoms with Gasteiger partial charge in [0.25, 0.3) is 11.5 Å². The van der Waals surface area contributed by atoms with E-state index in [-0.39, 0.29) is 23.4 Å². The quantitative estimate of drug-likeness (QED) is 0.410. The Bertz CT molecular complexity index is 1310. The van der Waals surface area contributed by atoms with Crippen LogP contribution in [0.1, 0.15) is 64.2 Å². The number of aromatic nitrogens is 1. The van der Waals surface area contributed by atoms with Crippen molar-refractivity contribution in [2.45, 2.75) is 52.4 Å². The number of carbonyl (C=O) groups excluding carboxylic acids is 2. The molecule has 2 heterocycles. The monoisotopic (exact) mass is 505 g/mol. The van der Waals surface area contributed by atoms with Gasteiger partial charge in [0.05, 0.1) is 5.52 Å². The highest BCUT2D eigenvalue weighted by molar-refractivity contribution is 8.02. The Morgan fingerprint density at radius 1 is 1.14 bits per heavy atom. The van der Waals surface area contributed by atoms with Gasteiger partial charge in [-0.2, -0.15) is 0 Å².